The standard InChI is InChI=1S/C22H28N2O6/c1-12(2)29-21(26)18-13(3)19(24-14(18)4)22(27)30-15(5)20(25)23-11-16-7-9-17(28-6)10-8-16/h7-10,12,15,24H,11H2,1-6H3,(H,23,25)/t15-/m0/s1. The minimum Gasteiger partial charge on any atom is -0.497 e. The van der Waals surface area contributed by atoms with Crippen molar-refractivity contribution >= 4 is 17.8 Å². The zero-order valence-electron chi connectivity index (χ0n) is 18.1. The Bertz CT molecular complexity index is 914. The maximum Gasteiger partial charge on any atom is 0.355 e. The molecular weight excluding hydrogens is 388 g/mol. The monoisotopic (exact) mass is 416 g/mol. The molecular formula is C22H28N2O6. The van der Waals surface area contributed by atoms with Crippen LogP contribution in [0.25, 0.3) is 0 Å². The predicted molar refractivity (Wildman–Crippen MR) is 111 cm³/mol. The Labute approximate surface area is 175 Å². The zero-order chi connectivity index (χ0) is 22.4. The summed E-state index contributed by atoms with van der Waals surface area (Å²) in [6, 6.07) is 7.25. The number of hydrogen-bond donors (Lipinski definition) is 2. The van der Waals surface area contributed by atoms with E-state index in [-0.39, 0.29) is 18.3 Å². The molecule has 2 N–H and O–H groups in total. The summed E-state index contributed by atoms with van der Waals surface area (Å²) in [5.41, 5.74) is 2.23. The molecule has 0 radical (unpaired) electrons. The summed E-state index contributed by atoms with van der Waals surface area (Å²) in [5.74, 6) is -0.938. The van der Waals surface area contributed by atoms with E-state index in [0.717, 1.165) is 11.3 Å². The molecule has 162 valence electrons. The van der Waals surface area contributed by atoms with E-state index < -0.39 is 23.9 Å². The van der Waals surface area contributed by atoms with E-state index in [1.54, 1.807) is 46.9 Å². The number of nitrogens with one attached hydrogen (secondary N) is 2. The second-order valence-electron chi connectivity index (χ2n) is 7.19. The lowest BCUT2D eigenvalue weighted by molar-refractivity contribution is -0.129. The van der Waals surface area contributed by atoms with Gasteiger partial charge in [-0.1, -0.05) is 12.1 Å². The van der Waals surface area contributed by atoms with Crippen molar-refractivity contribution < 1.29 is 28.6 Å². The molecule has 2 rings (SSSR count). The highest BCUT2D eigenvalue weighted by Gasteiger charge is 2.26. The minimum absolute atomic E-state index is 0.123. The highest BCUT2D eigenvalue weighted by molar-refractivity contribution is 5.99. The highest BCUT2D eigenvalue weighted by atomic mass is 16.6. The van der Waals surface area contributed by atoms with Crippen LogP contribution in [0.1, 0.15) is 58.4 Å². The Hall–Kier alpha value is -3.29. The molecule has 1 amide bonds. The molecule has 8 nitrogen and oxygen atoms in total. The van der Waals surface area contributed by atoms with Crippen LogP contribution in [0.3, 0.4) is 0 Å². The van der Waals surface area contributed by atoms with Gasteiger partial charge in [-0.15, -0.1) is 0 Å². The number of aromatic amines is 1. The molecule has 1 atom stereocenters. The molecule has 0 bridgehead atoms. The first kappa shape index (κ1) is 23.0. The van der Waals surface area contributed by atoms with Gasteiger partial charge >= 0.3 is 11.9 Å². The van der Waals surface area contributed by atoms with Crippen molar-refractivity contribution in [3.05, 3.63) is 52.3 Å². The molecule has 2 aromatic rings. The second kappa shape index (κ2) is 9.96. The Balaban J connectivity index is 1.99. The molecule has 0 spiro atoms. The highest BCUT2D eigenvalue weighted by Crippen LogP contribution is 2.21. The fourth-order valence-electron chi connectivity index (χ4n) is 2.88. The van der Waals surface area contributed by atoms with Crippen molar-refractivity contribution in [2.45, 2.75) is 53.4 Å². The van der Waals surface area contributed by atoms with E-state index in [4.69, 9.17) is 14.2 Å². The summed E-state index contributed by atoms with van der Waals surface area (Å²) in [6.45, 7) is 8.57. The number of H-pyrrole nitrogens is 1. The molecule has 1 heterocycles. The molecule has 0 unspecified atom stereocenters. The van der Waals surface area contributed by atoms with Crippen LogP contribution < -0.4 is 10.1 Å². The van der Waals surface area contributed by atoms with Crippen molar-refractivity contribution in [3.8, 4) is 5.75 Å². The van der Waals surface area contributed by atoms with Gasteiger partial charge in [0.1, 0.15) is 11.4 Å². The number of benzene rings is 1. The number of methoxy groups -OCH3 is 1. The average Bonchev–Trinajstić information content (AvgIpc) is 3.00. The lowest BCUT2D eigenvalue weighted by atomic mass is 10.1. The molecule has 0 aliphatic carbocycles. The van der Waals surface area contributed by atoms with E-state index >= 15 is 0 Å². The quantitative estimate of drug-likeness (QED) is 0.641. The number of carbonyl (C=O) groups excluding carboxylic acids is 3. The van der Waals surface area contributed by atoms with Crippen molar-refractivity contribution in [1.29, 1.82) is 0 Å². The number of aryl methyl sites for hydroxylation is 1. The first-order valence-corrected chi connectivity index (χ1v) is 9.65. The summed E-state index contributed by atoms with van der Waals surface area (Å²) < 4.78 is 15.6. The summed E-state index contributed by atoms with van der Waals surface area (Å²) in [5, 5.41) is 2.72. The van der Waals surface area contributed by atoms with E-state index in [9.17, 15) is 14.4 Å². The number of hydrogen-bond acceptors (Lipinski definition) is 6. The van der Waals surface area contributed by atoms with Crippen molar-refractivity contribution in [1.82, 2.24) is 10.3 Å². The molecule has 1 aromatic heterocycles. The number of ether oxygens (including phenoxy) is 3. The van der Waals surface area contributed by atoms with Crippen LogP contribution >= 0.6 is 0 Å². The normalized spacial score (nSPS) is 11.7. The van der Waals surface area contributed by atoms with E-state index in [2.05, 4.69) is 10.3 Å². The summed E-state index contributed by atoms with van der Waals surface area (Å²) in [4.78, 5) is 39.9. The Kier molecular flexibility index (Phi) is 7.63. The molecule has 0 saturated heterocycles. The summed E-state index contributed by atoms with van der Waals surface area (Å²) in [7, 11) is 1.58. The lowest BCUT2D eigenvalue weighted by Crippen LogP contribution is -2.35. The lowest BCUT2D eigenvalue weighted by Gasteiger charge is -2.14. The third kappa shape index (κ3) is 5.62. The summed E-state index contributed by atoms with van der Waals surface area (Å²) in [6.07, 6.45) is -1.29. The Morgan fingerprint density at radius 2 is 1.63 bits per heavy atom. The van der Waals surface area contributed by atoms with Crippen LogP contribution in [-0.4, -0.2) is 42.1 Å². The first-order chi connectivity index (χ1) is 14.1. The van der Waals surface area contributed by atoms with Crippen LogP contribution in [0.15, 0.2) is 24.3 Å². The van der Waals surface area contributed by atoms with Crippen LogP contribution in [0, 0.1) is 13.8 Å². The van der Waals surface area contributed by atoms with E-state index in [0.29, 0.717) is 16.8 Å². The van der Waals surface area contributed by atoms with Gasteiger partial charge in [-0.2, -0.15) is 0 Å². The fraction of sp³-hybridized carbons (Fsp3) is 0.409. The van der Waals surface area contributed by atoms with Gasteiger partial charge in [-0.25, -0.2) is 9.59 Å². The third-order valence-electron chi connectivity index (χ3n) is 4.47. The number of carbonyl (C=O) groups is 3. The first-order valence-electron chi connectivity index (χ1n) is 9.65. The van der Waals surface area contributed by atoms with Gasteiger partial charge in [0.05, 0.1) is 18.8 Å². The van der Waals surface area contributed by atoms with Gasteiger partial charge in [-0.3, -0.25) is 4.79 Å². The molecule has 30 heavy (non-hydrogen) atoms. The predicted octanol–water partition coefficient (Wildman–Crippen LogP) is 3.07. The van der Waals surface area contributed by atoms with Crippen LogP contribution in [0.2, 0.25) is 0 Å². The third-order valence-corrected chi connectivity index (χ3v) is 4.47. The largest absolute Gasteiger partial charge is 0.497 e. The number of amides is 1. The van der Waals surface area contributed by atoms with Crippen LogP contribution in [0.4, 0.5) is 0 Å². The van der Waals surface area contributed by atoms with Gasteiger partial charge in [-0.05, 0) is 57.9 Å². The smallest absolute Gasteiger partial charge is 0.355 e. The van der Waals surface area contributed by atoms with Crippen molar-refractivity contribution in [2.75, 3.05) is 7.11 Å². The van der Waals surface area contributed by atoms with Gasteiger partial charge in [0.25, 0.3) is 5.91 Å². The summed E-state index contributed by atoms with van der Waals surface area (Å²) >= 11 is 0. The molecule has 0 aliphatic rings. The topological polar surface area (TPSA) is 107 Å². The van der Waals surface area contributed by atoms with Gasteiger partial charge in [0, 0.05) is 12.2 Å². The van der Waals surface area contributed by atoms with Crippen LogP contribution in [-0.2, 0) is 20.8 Å². The SMILES string of the molecule is COc1ccc(CNC(=O)[C@H](C)OC(=O)c2[nH]c(C)c(C(=O)OC(C)C)c2C)cc1. The molecule has 8 heteroatoms. The maximum atomic E-state index is 12.5. The Morgan fingerprint density at radius 1 is 1.00 bits per heavy atom. The maximum absolute atomic E-state index is 12.5. The van der Waals surface area contributed by atoms with Gasteiger partial charge < -0.3 is 24.5 Å². The van der Waals surface area contributed by atoms with E-state index in [1.165, 1.54) is 6.92 Å². The number of aromatic nitrogens is 1. The van der Waals surface area contributed by atoms with Gasteiger partial charge in [0.15, 0.2) is 6.10 Å². The minimum atomic E-state index is -1.01. The van der Waals surface area contributed by atoms with Gasteiger partial charge in [0.2, 0.25) is 0 Å². The molecule has 1 aromatic carbocycles. The number of esters is 2. The fourth-order valence-corrected chi connectivity index (χ4v) is 2.88. The van der Waals surface area contributed by atoms with E-state index in [1.807, 2.05) is 12.1 Å². The molecule has 0 aliphatic heterocycles. The average molecular weight is 416 g/mol. The Morgan fingerprint density at radius 3 is 2.20 bits per heavy atom. The van der Waals surface area contributed by atoms with Crippen LogP contribution in [0.5, 0.6) is 5.75 Å². The van der Waals surface area contributed by atoms with Crippen molar-refractivity contribution in [2.24, 2.45) is 0 Å². The molecule has 0 saturated carbocycles. The molecule has 0 fully saturated rings. The van der Waals surface area contributed by atoms with Crippen molar-refractivity contribution in [3.63, 3.8) is 0 Å². The second-order valence-corrected chi connectivity index (χ2v) is 7.19. The number of rotatable bonds is 8. The zero-order valence-corrected chi connectivity index (χ0v) is 18.1.